The quantitative estimate of drug-likeness (QED) is 0.434. The van der Waals surface area contributed by atoms with Crippen molar-refractivity contribution in [3.63, 3.8) is 0 Å². The maximum Gasteiger partial charge on any atom is 0.0623 e. The fourth-order valence-electron chi connectivity index (χ4n) is 1.15. The van der Waals surface area contributed by atoms with Crippen molar-refractivity contribution in [3.05, 3.63) is 35.9 Å². The van der Waals surface area contributed by atoms with Gasteiger partial charge >= 0.3 is 0 Å². The third kappa shape index (κ3) is 1.75. The topological polar surface area (TPSA) is 12.0 Å². The number of benzene rings is 1. The molecule has 0 aromatic heterocycles. The molecule has 1 aliphatic heterocycles. The van der Waals surface area contributed by atoms with Crippen LogP contribution in [0, 0.1) is 0 Å². The maximum absolute atomic E-state index is 3.43. The number of rotatable bonds is 0. The van der Waals surface area contributed by atoms with Gasteiger partial charge in [-0.25, -0.2) is 0 Å². The minimum atomic E-state index is 0.221. The summed E-state index contributed by atoms with van der Waals surface area (Å²) in [6.45, 7) is 0. The first-order valence-corrected chi connectivity index (χ1v) is 6.64. The molecule has 0 unspecified atom stereocenters. The third-order valence-corrected chi connectivity index (χ3v) is 3.48. The second kappa shape index (κ2) is 3.85. The number of halogens is 1. The average Bonchev–Trinajstić information content (AvgIpc) is 2.06. The Morgan fingerprint density at radius 3 is 3.17 bits per heavy atom. The van der Waals surface area contributed by atoms with Gasteiger partial charge in [0.15, 0.2) is 0 Å². The van der Waals surface area contributed by atoms with Crippen LogP contribution >= 0.6 is 20.7 Å². The van der Waals surface area contributed by atoms with E-state index in [1.165, 1.54) is 11.3 Å². The first-order valence-electron chi connectivity index (χ1n) is 3.87. The molecule has 0 saturated carbocycles. The highest BCUT2D eigenvalue weighted by Crippen LogP contribution is 2.18. The first kappa shape index (κ1) is 7.98. The minimum Gasteiger partial charge on any atom is -0.376 e. The zero-order valence-electron chi connectivity index (χ0n) is 6.63. The van der Waals surface area contributed by atoms with Gasteiger partial charge < -0.3 is 5.32 Å². The lowest BCUT2D eigenvalue weighted by atomic mass is 10.1. The summed E-state index contributed by atoms with van der Waals surface area (Å²) in [7, 11) is 0. The van der Waals surface area contributed by atoms with Gasteiger partial charge in [0, 0.05) is 5.69 Å². The van der Waals surface area contributed by atoms with Gasteiger partial charge in [-0.3, -0.25) is 0 Å². The van der Waals surface area contributed by atoms with E-state index >= 15 is 0 Å². The van der Waals surface area contributed by atoms with Crippen LogP contribution in [0.2, 0.25) is 0 Å². The normalized spacial score (nSPS) is 15.0. The molecule has 12 heavy (non-hydrogen) atoms. The summed E-state index contributed by atoms with van der Waals surface area (Å²) in [6.07, 6.45) is 4.34. The Morgan fingerprint density at radius 2 is 2.17 bits per heavy atom. The number of alkyl halides is 1. The summed E-state index contributed by atoms with van der Waals surface area (Å²) < 4.78 is 3.43. The Hall–Kier alpha value is -0.640. The Bertz CT molecular complexity index is 328. The average molecular weight is 271 g/mol. The summed E-state index contributed by atoms with van der Waals surface area (Å²) in [5.74, 6) is 0. The van der Waals surface area contributed by atoms with Crippen LogP contribution in [0.25, 0.3) is 6.08 Å². The number of anilines is 1. The van der Waals surface area contributed by atoms with Gasteiger partial charge in [-0.1, -0.05) is 30.4 Å². The molecule has 2 heteroatoms. The predicted octanol–water partition coefficient (Wildman–Crippen LogP) is 2.86. The van der Waals surface area contributed by atoms with E-state index in [1.54, 1.807) is 0 Å². The second-order valence-corrected chi connectivity index (χ2v) is 4.90. The Labute approximate surface area is 82.2 Å². The molecule has 0 amide bonds. The van der Waals surface area contributed by atoms with Crippen molar-refractivity contribution in [1.82, 2.24) is 0 Å². The van der Waals surface area contributed by atoms with Crippen molar-refractivity contribution in [2.45, 2.75) is 0 Å². The van der Waals surface area contributed by atoms with Crippen LogP contribution in [0.15, 0.2) is 30.3 Å². The number of hydrogen-bond acceptors (Lipinski definition) is 1. The Balaban J connectivity index is 2.43. The van der Waals surface area contributed by atoms with Crippen LogP contribution in [0.4, 0.5) is 5.69 Å². The molecule has 0 spiro atoms. The molecule has 1 aromatic carbocycles. The summed E-state index contributed by atoms with van der Waals surface area (Å²) >= 11 is 0.221. The fourth-order valence-corrected chi connectivity index (χ4v) is 2.54. The molecular formula is C10H10IN. The van der Waals surface area contributed by atoms with Gasteiger partial charge in [0.1, 0.15) is 0 Å². The summed E-state index contributed by atoms with van der Waals surface area (Å²) in [4.78, 5) is 0. The van der Waals surface area contributed by atoms with Gasteiger partial charge in [0.2, 0.25) is 0 Å². The van der Waals surface area contributed by atoms with E-state index in [9.17, 15) is 0 Å². The maximum atomic E-state index is 3.43. The van der Waals surface area contributed by atoms with Crippen molar-refractivity contribution < 1.29 is 0 Å². The van der Waals surface area contributed by atoms with Crippen LogP contribution in [-0.4, -0.2) is 8.56 Å². The zero-order valence-corrected chi connectivity index (χ0v) is 8.78. The molecule has 1 heterocycles. The number of para-hydroxylation sites is 1. The van der Waals surface area contributed by atoms with Gasteiger partial charge in [-0.15, -0.1) is 20.7 Å². The van der Waals surface area contributed by atoms with Crippen molar-refractivity contribution in [2.24, 2.45) is 0 Å². The number of nitrogens with one attached hydrogen (secondary N) is 1. The summed E-state index contributed by atoms with van der Waals surface area (Å²) in [6, 6.07) is 8.41. The van der Waals surface area contributed by atoms with E-state index < -0.39 is 0 Å². The van der Waals surface area contributed by atoms with Gasteiger partial charge in [-0.2, -0.15) is 0 Å². The zero-order chi connectivity index (χ0) is 8.23. The molecule has 1 aliphatic rings. The summed E-state index contributed by atoms with van der Waals surface area (Å²) in [5.41, 5.74) is 2.55. The van der Waals surface area contributed by atoms with Crippen molar-refractivity contribution in [3.8, 4) is 0 Å². The molecular weight excluding hydrogens is 261 g/mol. The summed E-state index contributed by atoms with van der Waals surface area (Å²) in [5, 5.41) is 3.43. The monoisotopic (exact) mass is 271 g/mol. The van der Waals surface area contributed by atoms with E-state index in [0.717, 1.165) is 4.55 Å². The van der Waals surface area contributed by atoms with E-state index in [0.29, 0.717) is 0 Å². The van der Waals surface area contributed by atoms with E-state index in [1.807, 2.05) is 0 Å². The second-order valence-electron chi connectivity index (χ2n) is 2.54. The minimum absolute atomic E-state index is 0.221. The van der Waals surface area contributed by atoms with E-state index in [2.05, 4.69) is 45.7 Å². The lowest BCUT2D eigenvalue weighted by Gasteiger charge is -2.07. The molecule has 0 atom stereocenters. The SMILES string of the molecule is C1=Cc2ccccc2NCI=C1. The third-order valence-electron chi connectivity index (χ3n) is 1.73. The highest BCUT2D eigenvalue weighted by Gasteiger charge is 1.96. The molecule has 1 nitrogen and oxygen atoms in total. The van der Waals surface area contributed by atoms with Crippen molar-refractivity contribution in [2.75, 3.05) is 9.87 Å². The van der Waals surface area contributed by atoms with Crippen LogP contribution in [0.5, 0.6) is 0 Å². The standard InChI is InChI=1S/C10H10IN/c1-2-6-10-9(4-1)5-3-7-11-8-12-10/h1-7,12H,8H2. The Morgan fingerprint density at radius 1 is 1.25 bits per heavy atom. The van der Waals surface area contributed by atoms with Crippen molar-refractivity contribution >= 4 is 36.5 Å². The lowest BCUT2D eigenvalue weighted by molar-refractivity contribution is 1.48. The van der Waals surface area contributed by atoms with E-state index in [-0.39, 0.29) is 20.7 Å². The number of hydrogen-bond donors (Lipinski definition) is 1. The smallest absolute Gasteiger partial charge is 0.0623 e. The molecule has 0 aliphatic carbocycles. The fraction of sp³-hybridized carbons (Fsp3) is 0.100. The Kier molecular flexibility index (Phi) is 2.56. The van der Waals surface area contributed by atoms with Crippen LogP contribution in [-0.2, 0) is 0 Å². The molecule has 0 bridgehead atoms. The molecule has 1 N–H and O–H groups in total. The largest absolute Gasteiger partial charge is 0.376 e. The number of fused-ring (bicyclic) bond motifs is 1. The highest BCUT2D eigenvalue weighted by atomic mass is 127. The first-order chi connectivity index (χ1) is 5.97. The van der Waals surface area contributed by atoms with Crippen molar-refractivity contribution in [1.29, 1.82) is 0 Å². The molecule has 0 fully saturated rings. The van der Waals surface area contributed by atoms with Gasteiger partial charge in [0.05, 0.1) is 4.55 Å². The highest BCUT2D eigenvalue weighted by molar-refractivity contribution is 14.2. The molecule has 0 saturated heterocycles. The van der Waals surface area contributed by atoms with Crippen LogP contribution in [0.1, 0.15) is 5.56 Å². The van der Waals surface area contributed by atoms with Gasteiger partial charge in [0.25, 0.3) is 0 Å². The molecule has 0 radical (unpaired) electrons. The van der Waals surface area contributed by atoms with Crippen LogP contribution in [0.3, 0.4) is 0 Å². The molecule has 62 valence electrons. The van der Waals surface area contributed by atoms with Crippen LogP contribution < -0.4 is 5.32 Å². The van der Waals surface area contributed by atoms with Gasteiger partial charge in [-0.05, 0) is 15.6 Å². The number of allylic oxidation sites excluding steroid dienone is 1. The molecule has 1 aromatic rings. The van der Waals surface area contributed by atoms with E-state index in [4.69, 9.17) is 0 Å². The lowest BCUT2D eigenvalue weighted by Crippen LogP contribution is -1.97. The predicted molar refractivity (Wildman–Crippen MR) is 64.0 cm³/mol. The molecule has 2 rings (SSSR count).